The van der Waals surface area contributed by atoms with Crippen LogP contribution in [0.5, 0.6) is 0 Å². The van der Waals surface area contributed by atoms with E-state index >= 15 is 0 Å². The number of hydrogen-bond donors (Lipinski definition) is 0. The van der Waals surface area contributed by atoms with Gasteiger partial charge in [-0.1, -0.05) is 0 Å². The van der Waals surface area contributed by atoms with Gasteiger partial charge >= 0.3 is 0 Å². The van der Waals surface area contributed by atoms with Crippen molar-refractivity contribution < 1.29 is 9.72 Å². The minimum atomic E-state index is -0.554. The number of rotatable bonds is 3. The van der Waals surface area contributed by atoms with Gasteiger partial charge in [0.1, 0.15) is 17.4 Å². The van der Waals surface area contributed by atoms with Crippen LogP contribution in [0.3, 0.4) is 0 Å². The Bertz CT molecular complexity index is 582. The van der Waals surface area contributed by atoms with Gasteiger partial charge < -0.3 is 4.90 Å². The summed E-state index contributed by atoms with van der Waals surface area (Å²) < 4.78 is 0. The van der Waals surface area contributed by atoms with Gasteiger partial charge in [-0.2, -0.15) is 5.26 Å². The Hall–Kier alpha value is -2.42. The third-order valence-electron chi connectivity index (χ3n) is 3.77. The minimum Gasteiger partial charge on any atom is -0.372 e. The molecule has 1 aromatic rings. The number of benzene rings is 1. The number of hydrogen-bond acceptors (Lipinski definition) is 5. The van der Waals surface area contributed by atoms with E-state index in [-0.39, 0.29) is 23.1 Å². The van der Waals surface area contributed by atoms with Crippen LogP contribution in [0, 0.1) is 21.4 Å². The molecule has 0 radical (unpaired) electrons. The molecule has 1 aromatic carbocycles. The molecule has 0 bridgehead atoms. The Morgan fingerprint density at radius 1 is 1.40 bits per heavy atom. The second kappa shape index (κ2) is 5.70. The number of carbonyl (C=O) groups is 1. The van der Waals surface area contributed by atoms with E-state index in [1.54, 1.807) is 6.07 Å². The van der Waals surface area contributed by atoms with E-state index in [4.69, 9.17) is 5.26 Å². The normalized spacial score (nSPS) is 15.7. The minimum absolute atomic E-state index is 0.0613. The largest absolute Gasteiger partial charge is 0.372 e. The Labute approximate surface area is 116 Å². The highest BCUT2D eigenvalue weighted by atomic mass is 16.6. The fraction of sp³-hybridized carbons (Fsp3) is 0.429. The summed E-state index contributed by atoms with van der Waals surface area (Å²) >= 11 is 0. The third kappa shape index (κ3) is 2.77. The molecule has 0 N–H and O–H groups in total. The molecule has 6 nitrogen and oxygen atoms in total. The number of nitro benzene ring substituents is 1. The number of Topliss-reactive ketones (excluding diaryl/α,β-unsaturated/α-hetero) is 1. The van der Waals surface area contributed by atoms with Crippen molar-refractivity contribution in [2.24, 2.45) is 0 Å². The zero-order valence-electron chi connectivity index (χ0n) is 11.2. The number of anilines is 1. The van der Waals surface area contributed by atoms with Gasteiger partial charge in [-0.15, -0.1) is 0 Å². The topological polar surface area (TPSA) is 87.2 Å². The van der Waals surface area contributed by atoms with Crippen molar-refractivity contribution in [3.05, 3.63) is 33.9 Å². The van der Waals surface area contributed by atoms with Crippen LogP contribution in [-0.4, -0.2) is 23.8 Å². The molecule has 20 heavy (non-hydrogen) atoms. The summed E-state index contributed by atoms with van der Waals surface area (Å²) in [5.74, 6) is 0.288. The Balaban J connectivity index is 2.22. The lowest BCUT2D eigenvalue weighted by molar-refractivity contribution is -0.385. The maximum absolute atomic E-state index is 11.3. The van der Waals surface area contributed by atoms with Gasteiger partial charge in [0, 0.05) is 37.7 Å². The van der Waals surface area contributed by atoms with Crippen LogP contribution < -0.4 is 4.90 Å². The first-order valence-corrected chi connectivity index (χ1v) is 6.46. The Kier molecular flexibility index (Phi) is 3.99. The maximum atomic E-state index is 11.3. The first-order valence-electron chi connectivity index (χ1n) is 6.46. The monoisotopic (exact) mass is 273 g/mol. The summed E-state index contributed by atoms with van der Waals surface area (Å²) in [5, 5.41) is 19.8. The van der Waals surface area contributed by atoms with E-state index in [9.17, 15) is 14.9 Å². The van der Waals surface area contributed by atoms with E-state index in [1.165, 1.54) is 12.1 Å². The van der Waals surface area contributed by atoms with Gasteiger partial charge in [-0.05, 0) is 25.0 Å². The van der Waals surface area contributed by atoms with E-state index < -0.39 is 4.92 Å². The standard InChI is InChI=1S/C14H15N3O3/c1-16(11-2-5-13(18)6-3-11)12-4-7-14(17(19)20)10(8-12)9-15/h4,7-8,11H,2-3,5-6H2,1H3. The molecular formula is C14H15N3O3. The molecule has 0 amide bonds. The third-order valence-corrected chi connectivity index (χ3v) is 3.77. The van der Waals surface area contributed by atoms with Crippen LogP contribution in [0.4, 0.5) is 11.4 Å². The lowest BCUT2D eigenvalue weighted by Gasteiger charge is -2.32. The van der Waals surface area contributed by atoms with Gasteiger partial charge in [-0.25, -0.2) is 0 Å². The molecule has 0 spiro atoms. The van der Waals surface area contributed by atoms with Gasteiger partial charge in [0.05, 0.1) is 4.92 Å². The lowest BCUT2D eigenvalue weighted by atomic mass is 9.93. The second-order valence-corrected chi connectivity index (χ2v) is 4.95. The molecule has 0 heterocycles. The summed E-state index contributed by atoms with van der Waals surface area (Å²) in [6, 6.07) is 6.64. The van der Waals surface area contributed by atoms with Gasteiger partial charge in [0.15, 0.2) is 0 Å². The molecule has 0 aliphatic heterocycles. The van der Waals surface area contributed by atoms with Crippen molar-refractivity contribution in [1.29, 1.82) is 5.26 Å². The van der Waals surface area contributed by atoms with Gasteiger partial charge in [0.2, 0.25) is 0 Å². The summed E-state index contributed by atoms with van der Waals surface area (Å²) in [6.07, 6.45) is 2.72. The number of carbonyl (C=O) groups excluding carboxylic acids is 1. The summed E-state index contributed by atoms with van der Waals surface area (Å²) in [4.78, 5) is 23.5. The van der Waals surface area contributed by atoms with Gasteiger partial charge in [-0.3, -0.25) is 14.9 Å². The maximum Gasteiger partial charge on any atom is 0.287 e. The predicted molar refractivity (Wildman–Crippen MR) is 73.5 cm³/mol. The van der Waals surface area contributed by atoms with E-state index in [2.05, 4.69) is 0 Å². The highest BCUT2D eigenvalue weighted by Crippen LogP contribution is 2.28. The molecule has 104 valence electrons. The van der Waals surface area contributed by atoms with Crippen molar-refractivity contribution >= 4 is 17.2 Å². The Morgan fingerprint density at radius 2 is 2.05 bits per heavy atom. The number of nitrogens with zero attached hydrogens (tertiary/aromatic N) is 3. The van der Waals surface area contributed by atoms with Gasteiger partial charge in [0.25, 0.3) is 5.69 Å². The smallest absolute Gasteiger partial charge is 0.287 e. The van der Waals surface area contributed by atoms with Crippen LogP contribution in [0.25, 0.3) is 0 Å². The summed E-state index contributed by atoms with van der Waals surface area (Å²) in [6.45, 7) is 0. The highest BCUT2D eigenvalue weighted by molar-refractivity contribution is 5.79. The molecule has 0 atom stereocenters. The molecule has 6 heteroatoms. The summed E-state index contributed by atoms with van der Waals surface area (Å²) in [7, 11) is 1.89. The zero-order chi connectivity index (χ0) is 14.7. The molecule has 1 fully saturated rings. The first kappa shape index (κ1) is 14.0. The highest BCUT2D eigenvalue weighted by Gasteiger charge is 2.23. The number of ketones is 1. The molecule has 0 saturated heterocycles. The van der Waals surface area contributed by atoms with Crippen molar-refractivity contribution in [3.8, 4) is 6.07 Å². The lowest BCUT2D eigenvalue weighted by Crippen LogP contribution is -2.35. The van der Waals surface area contributed by atoms with Crippen molar-refractivity contribution in [3.63, 3.8) is 0 Å². The van der Waals surface area contributed by atoms with Crippen LogP contribution >= 0.6 is 0 Å². The van der Waals surface area contributed by atoms with Crippen molar-refractivity contribution in [2.75, 3.05) is 11.9 Å². The van der Waals surface area contributed by atoms with Crippen molar-refractivity contribution in [1.82, 2.24) is 0 Å². The fourth-order valence-corrected chi connectivity index (χ4v) is 2.51. The number of nitro groups is 1. The van der Waals surface area contributed by atoms with Crippen molar-refractivity contribution in [2.45, 2.75) is 31.7 Å². The predicted octanol–water partition coefficient (Wildman–Crippen LogP) is 2.41. The van der Waals surface area contributed by atoms with E-state index in [1.807, 2.05) is 18.0 Å². The average Bonchev–Trinajstić information content (AvgIpc) is 2.46. The molecule has 1 aliphatic rings. The summed E-state index contributed by atoms with van der Waals surface area (Å²) in [5.41, 5.74) is 0.654. The average molecular weight is 273 g/mol. The molecule has 0 aromatic heterocycles. The molecule has 1 aliphatic carbocycles. The van der Waals surface area contributed by atoms with Crippen LogP contribution in [0.1, 0.15) is 31.2 Å². The fourth-order valence-electron chi connectivity index (χ4n) is 2.51. The molecule has 0 unspecified atom stereocenters. The first-order chi connectivity index (χ1) is 9.52. The van der Waals surface area contributed by atoms with E-state index in [0.29, 0.717) is 12.8 Å². The SMILES string of the molecule is CN(c1ccc([N+](=O)[O-])c(C#N)c1)C1CCC(=O)CC1. The quantitative estimate of drug-likeness (QED) is 0.623. The second-order valence-electron chi connectivity index (χ2n) is 4.95. The zero-order valence-corrected chi connectivity index (χ0v) is 11.2. The van der Waals surface area contributed by atoms with Crippen LogP contribution in [0.15, 0.2) is 18.2 Å². The number of nitriles is 1. The van der Waals surface area contributed by atoms with Crippen LogP contribution in [0.2, 0.25) is 0 Å². The Morgan fingerprint density at radius 3 is 2.60 bits per heavy atom. The molecule has 2 rings (SSSR count). The van der Waals surface area contributed by atoms with Crippen LogP contribution in [-0.2, 0) is 4.79 Å². The molecular weight excluding hydrogens is 258 g/mol. The molecule has 1 saturated carbocycles. The van der Waals surface area contributed by atoms with E-state index in [0.717, 1.165) is 18.5 Å².